The number of nitro benzene ring substituents is 1. The summed E-state index contributed by atoms with van der Waals surface area (Å²) < 4.78 is 46.2. The van der Waals surface area contributed by atoms with E-state index in [9.17, 15) is 38.0 Å². The first kappa shape index (κ1) is 27.5. The van der Waals surface area contributed by atoms with Crippen molar-refractivity contribution in [2.75, 3.05) is 7.11 Å². The number of hydrogen-bond acceptors (Lipinski definition) is 9. The van der Waals surface area contributed by atoms with Crippen molar-refractivity contribution in [3.8, 4) is 17.1 Å². The second-order valence-electron chi connectivity index (χ2n) is 7.94. The summed E-state index contributed by atoms with van der Waals surface area (Å²) in [5.74, 6) is -1.91. The second-order valence-corrected chi connectivity index (χ2v) is 8.38. The van der Waals surface area contributed by atoms with Gasteiger partial charge in [0.05, 0.1) is 18.6 Å². The standard InChI is InChI=1S/C22H17ClF3N7O6/c1-39-20(35)19-27-17(28-32(19)14-4-2-3-5-15(14)33(37)38)11-31-21(36)30(10-16(34)22(24,25)26)18(29-31)12-6-8-13(23)9-7-12/h2-9,16,34H,10-11H2,1H3/t16-/m0/s1. The van der Waals surface area contributed by atoms with E-state index < -0.39 is 53.5 Å². The number of rotatable bonds is 8. The zero-order chi connectivity index (χ0) is 28.5. The molecule has 0 aliphatic rings. The van der Waals surface area contributed by atoms with Crippen LogP contribution in [0.25, 0.3) is 17.1 Å². The third kappa shape index (κ3) is 5.65. The molecule has 0 fully saturated rings. The molecule has 204 valence electrons. The number of nitrogens with zero attached hydrogens (tertiary/aromatic N) is 7. The molecule has 4 aromatic rings. The molecule has 2 aromatic heterocycles. The number of nitro groups is 1. The van der Waals surface area contributed by atoms with Crippen molar-refractivity contribution in [1.82, 2.24) is 29.1 Å². The van der Waals surface area contributed by atoms with Crippen LogP contribution in [0.3, 0.4) is 0 Å². The summed E-state index contributed by atoms with van der Waals surface area (Å²) >= 11 is 5.88. The summed E-state index contributed by atoms with van der Waals surface area (Å²) in [6.07, 6.45) is -7.89. The van der Waals surface area contributed by atoms with Crippen molar-refractivity contribution < 1.29 is 32.7 Å². The molecule has 17 heteroatoms. The number of carbonyl (C=O) groups excluding carboxylic acids is 1. The average molecular weight is 568 g/mol. The van der Waals surface area contributed by atoms with E-state index >= 15 is 0 Å². The number of para-hydroxylation sites is 2. The molecular formula is C22H17ClF3N7O6. The maximum absolute atomic E-state index is 13.1. The molecule has 1 atom stereocenters. The average Bonchev–Trinajstić information content (AvgIpc) is 3.45. The Morgan fingerprint density at radius 3 is 2.46 bits per heavy atom. The van der Waals surface area contributed by atoms with Gasteiger partial charge in [-0.3, -0.25) is 14.7 Å². The normalized spacial score (nSPS) is 12.4. The molecule has 2 aromatic carbocycles. The zero-order valence-electron chi connectivity index (χ0n) is 19.7. The van der Waals surface area contributed by atoms with Crippen LogP contribution < -0.4 is 5.69 Å². The van der Waals surface area contributed by atoms with Crippen LogP contribution in [0.15, 0.2) is 53.3 Å². The molecule has 0 aliphatic carbocycles. The molecule has 0 bridgehead atoms. The lowest BCUT2D eigenvalue weighted by Crippen LogP contribution is -2.37. The fourth-order valence-corrected chi connectivity index (χ4v) is 3.67. The maximum Gasteiger partial charge on any atom is 0.416 e. The van der Waals surface area contributed by atoms with Crippen molar-refractivity contribution in [1.29, 1.82) is 0 Å². The van der Waals surface area contributed by atoms with Gasteiger partial charge in [0, 0.05) is 16.7 Å². The number of aromatic nitrogens is 6. The first-order chi connectivity index (χ1) is 18.4. The van der Waals surface area contributed by atoms with Crippen LogP contribution >= 0.6 is 11.6 Å². The number of alkyl halides is 3. The lowest BCUT2D eigenvalue weighted by atomic mass is 10.2. The maximum atomic E-state index is 13.1. The fourth-order valence-electron chi connectivity index (χ4n) is 3.54. The van der Waals surface area contributed by atoms with Gasteiger partial charge in [0.2, 0.25) is 5.82 Å². The Balaban J connectivity index is 1.81. The topological polar surface area (TPSA) is 160 Å². The smallest absolute Gasteiger partial charge is 0.416 e. The van der Waals surface area contributed by atoms with Gasteiger partial charge in [-0.15, -0.1) is 10.2 Å². The Morgan fingerprint density at radius 2 is 1.85 bits per heavy atom. The van der Waals surface area contributed by atoms with E-state index in [-0.39, 0.29) is 22.9 Å². The number of aliphatic hydroxyl groups excluding tert-OH is 1. The number of hydrogen-bond donors (Lipinski definition) is 1. The van der Waals surface area contributed by atoms with E-state index in [4.69, 9.17) is 11.6 Å². The molecule has 0 aliphatic heterocycles. The molecule has 0 amide bonds. The second kappa shape index (κ2) is 10.7. The summed E-state index contributed by atoms with van der Waals surface area (Å²) in [4.78, 5) is 40.3. The highest BCUT2D eigenvalue weighted by atomic mass is 35.5. The van der Waals surface area contributed by atoms with Crippen LogP contribution in [0, 0.1) is 10.1 Å². The minimum Gasteiger partial charge on any atom is -0.463 e. The number of esters is 1. The largest absolute Gasteiger partial charge is 0.463 e. The number of methoxy groups -OCH3 is 1. The van der Waals surface area contributed by atoms with E-state index in [0.29, 0.717) is 9.59 Å². The van der Waals surface area contributed by atoms with Gasteiger partial charge in [0.25, 0.3) is 5.69 Å². The summed E-state index contributed by atoms with van der Waals surface area (Å²) in [6.45, 7) is -1.71. The highest BCUT2D eigenvalue weighted by molar-refractivity contribution is 6.30. The van der Waals surface area contributed by atoms with Crippen molar-refractivity contribution in [3.63, 3.8) is 0 Å². The monoisotopic (exact) mass is 567 g/mol. The summed E-state index contributed by atoms with van der Waals surface area (Å²) in [7, 11) is 1.05. The molecule has 0 saturated heterocycles. The van der Waals surface area contributed by atoms with Gasteiger partial charge in [-0.1, -0.05) is 23.7 Å². The first-order valence-corrected chi connectivity index (χ1v) is 11.2. The molecule has 0 radical (unpaired) electrons. The molecule has 0 unspecified atom stereocenters. The van der Waals surface area contributed by atoms with Crippen LogP contribution in [-0.2, 0) is 17.8 Å². The Labute approximate surface area is 220 Å². The van der Waals surface area contributed by atoms with Gasteiger partial charge in [-0.05, 0) is 30.3 Å². The van der Waals surface area contributed by atoms with Crippen LogP contribution in [0.1, 0.15) is 16.4 Å². The van der Waals surface area contributed by atoms with Gasteiger partial charge in [0.15, 0.2) is 17.8 Å². The van der Waals surface area contributed by atoms with Gasteiger partial charge < -0.3 is 9.84 Å². The Bertz CT molecular complexity index is 1600. The molecule has 2 heterocycles. The highest BCUT2D eigenvalue weighted by Gasteiger charge is 2.39. The number of ether oxygens (including phenoxy) is 1. The third-order valence-electron chi connectivity index (χ3n) is 5.38. The number of aliphatic hydroxyl groups is 1. The van der Waals surface area contributed by atoms with Gasteiger partial charge in [0.1, 0.15) is 12.2 Å². The fraction of sp³-hybridized carbons (Fsp3) is 0.227. The third-order valence-corrected chi connectivity index (χ3v) is 5.63. The Kier molecular flexibility index (Phi) is 7.51. The van der Waals surface area contributed by atoms with Crippen LogP contribution in [-0.4, -0.2) is 64.5 Å². The SMILES string of the molecule is COC(=O)c1nc(Cn2nc(-c3ccc(Cl)cc3)n(C[C@H](O)C(F)(F)F)c2=O)nn1-c1ccccc1[N+](=O)[O-]. The van der Waals surface area contributed by atoms with Gasteiger partial charge in [-0.2, -0.15) is 17.9 Å². The highest BCUT2D eigenvalue weighted by Crippen LogP contribution is 2.25. The quantitative estimate of drug-likeness (QED) is 0.192. The first-order valence-electron chi connectivity index (χ1n) is 10.9. The molecule has 0 spiro atoms. The van der Waals surface area contributed by atoms with Crippen LogP contribution in [0.4, 0.5) is 18.9 Å². The van der Waals surface area contributed by atoms with E-state index in [1.807, 2.05) is 0 Å². The number of halogens is 4. The van der Waals surface area contributed by atoms with Gasteiger partial charge >= 0.3 is 17.8 Å². The molecule has 13 nitrogen and oxygen atoms in total. The van der Waals surface area contributed by atoms with E-state index in [0.717, 1.165) is 16.5 Å². The summed E-state index contributed by atoms with van der Waals surface area (Å²) in [5, 5.41) is 29.6. The minimum absolute atomic E-state index is 0.130. The van der Waals surface area contributed by atoms with Gasteiger partial charge in [-0.25, -0.2) is 19.3 Å². The van der Waals surface area contributed by atoms with Crippen molar-refractivity contribution in [3.05, 3.63) is 85.8 Å². The van der Waals surface area contributed by atoms with Crippen molar-refractivity contribution in [2.24, 2.45) is 0 Å². The van der Waals surface area contributed by atoms with E-state index in [2.05, 4.69) is 19.9 Å². The molecule has 4 rings (SSSR count). The predicted molar refractivity (Wildman–Crippen MR) is 127 cm³/mol. The lowest BCUT2D eigenvalue weighted by Gasteiger charge is -2.15. The molecule has 39 heavy (non-hydrogen) atoms. The van der Waals surface area contributed by atoms with Crippen molar-refractivity contribution in [2.45, 2.75) is 25.4 Å². The van der Waals surface area contributed by atoms with Crippen molar-refractivity contribution >= 4 is 23.3 Å². The minimum atomic E-state index is -5.01. The van der Waals surface area contributed by atoms with E-state index in [1.54, 1.807) is 0 Å². The summed E-state index contributed by atoms with van der Waals surface area (Å²) in [6, 6.07) is 11.0. The number of carbonyl (C=O) groups is 1. The Morgan fingerprint density at radius 1 is 1.18 bits per heavy atom. The van der Waals surface area contributed by atoms with Crippen LogP contribution in [0.2, 0.25) is 5.02 Å². The van der Waals surface area contributed by atoms with E-state index in [1.165, 1.54) is 48.5 Å². The van der Waals surface area contributed by atoms with Crippen LogP contribution in [0.5, 0.6) is 0 Å². The number of benzene rings is 2. The lowest BCUT2D eigenvalue weighted by molar-refractivity contribution is -0.384. The Hall–Kier alpha value is -4.57. The molecule has 1 N–H and O–H groups in total. The molecule has 0 saturated carbocycles. The summed E-state index contributed by atoms with van der Waals surface area (Å²) in [5.41, 5.74) is -1.37. The predicted octanol–water partition coefficient (Wildman–Crippen LogP) is 2.61. The zero-order valence-corrected chi connectivity index (χ0v) is 20.5. The molecular weight excluding hydrogens is 551 g/mol.